The Kier molecular flexibility index (Phi) is 11.6. The van der Waals surface area contributed by atoms with Crippen molar-refractivity contribution >= 4 is 28.8 Å². The van der Waals surface area contributed by atoms with Crippen LogP contribution in [-0.2, 0) is 19.0 Å². The Balaban J connectivity index is 1.25. The van der Waals surface area contributed by atoms with Crippen LogP contribution >= 0.6 is 11.8 Å². The largest absolute Gasteiger partial charge is 0.493 e. The smallest absolute Gasteiger partial charge is 0.342 e. The average Bonchev–Trinajstić information content (AvgIpc) is 3.29. The van der Waals surface area contributed by atoms with Crippen LogP contribution in [0.25, 0.3) is 11.1 Å². The first-order chi connectivity index (χ1) is 21.2. The minimum Gasteiger partial charge on any atom is -0.493 e. The number of ether oxygens (including phenoxy) is 4. The molecule has 44 heavy (non-hydrogen) atoms. The Bertz CT molecular complexity index is 1560. The van der Waals surface area contributed by atoms with Gasteiger partial charge in [0, 0.05) is 23.5 Å². The molecular weight excluding hydrogens is 576 g/mol. The molecule has 0 saturated heterocycles. The summed E-state index contributed by atoms with van der Waals surface area (Å²) in [6.45, 7) is 12.3. The molecule has 3 aromatic rings. The first kappa shape index (κ1) is 32.8. The maximum absolute atomic E-state index is 13.2. The number of methoxy groups -OCH3 is 1. The van der Waals surface area contributed by atoms with E-state index in [0.717, 1.165) is 70.4 Å². The highest BCUT2D eigenvalue weighted by atomic mass is 32.2. The maximum atomic E-state index is 13.2. The van der Waals surface area contributed by atoms with Gasteiger partial charge < -0.3 is 18.9 Å². The van der Waals surface area contributed by atoms with Crippen LogP contribution in [-0.4, -0.2) is 44.0 Å². The van der Waals surface area contributed by atoms with E-state index in [4.69, 9.17) is 18.9 Å². The zero-order valence-electron chi connectivity index (χ0n) is 25.5. The molecule has 0 fully saturated rings. The third kappa shape index (κ3) is 8.07. The van der Waals surface area contributed by atoms with Gasteiger partial charge in [0.15, 0.2) is 0 Å². The first-order valence-electron chi connectivity index (χ1n) is 14.6. The van der Waals surface area contributed by atoms with E-state index >= 15 is 0 Å². The lowest BCUT2D eigenvalue weighted by Gasteiger charge is -2.11. The van der Waals surface area contributed by atoms with Gasteiger partial charge in [-0.25, -0.2) is 9.59 Å². The summed E-state index contributed by atoms with van der Waals surface area (Å²) in [4.78, 5) is 38.0. The van der Waals surface area contributed by atoms with Crippen LogP contribution in [0.1, 0.15) is 75.9 Å². The van der Waals surface area contributed by atoms with Crippen LogP contribution in [0.4, 0.5) is 0 Å². The number of benzene rings is 3. The van der Waals surface area contributed by atoms with Crippen molar-refractivity contribution in [3.8, 4) is 16.9 Å². The fourth-order valence-corrected chi connectivity index (χ4v) is 5.98. The molecule has 8 heteroatoms. The maximum Gasteiger partial charge on any atom is 0.342 e. The zero-order chi connectivity index (χ0) is 31.6. The standard InChI is InChI=1S/C36H38O7S/c1-6-41-35(38)26-11-14-29-30-15-12-27(21-32(30)25(4)31(29)20-26)36(39)44-28-13-16-33(23(2)19-28)42-17-9-7-8-10-18-43-34(37)24(3)22-40-5/h6,11-16,19-21,25H,1,3,7-10,17-18,22H2,2,4-5H3. The number of hydrogen-bond donors (Lipinski definition) is 0. The first-order valence-corrected chi connectivity index (χ1v) is 15.4. The normalized spacial score (nSPS) is 13.0. The highest BCUT2D eigenvalue weighted by molar-refractivity contribution is 8.14. The number of esters is 2. The topological polar surface area (TPSA) is 88.1 Å². The molecule has 0 aromatic heterocycles. The summed E-state index contributed by atoms with van der Waals surface area (Å²) < 4.78 is 21.0. The molecule has 4 rings (SSSR count). The Morgan fingerprint density at radius 2 is 1.55 bits per heavy atom. The molecule has 0 aliphatic heterocycles. The van der Waals surface area contributed by atoms with Gasteiger partial charge in [0.1, 0.15) is 5.75 Å². The van der Waals surface area contributed by atoms with Gasteiger partial charge in [0.25, 0.3) is 0 Å². The van der Waals surface area contributed by atoms with E-state index in [1.165, 1.54) is 18.9 Å². The molecule has 0 bridgehead atoms. The quantitative estimate of drug-likeness (QED) is 0.0559. The van der Waals surface area contributed by atoms with Crippen LogP contribution in [0.5, 0.6) is 5.75 Å². The van der Waals surface area contributed by atoms with E-state index in [1.807, 2.05) is 55.5 Å². The lowest BCUT2D eigenvalue weighted by Crippen LogP contribution is -2.11. The number of hydrogen-bond acceptors (Lipinski definition) is 8. The molecular formula is C36H38O7S. The molecule has 0 amide bonds. The number of thioether (sulfide) groups is 1. The number of carbonyl (C=O) groups is 3. The fourth-order valence-electron chi connectivity index (χ4n) is 5.15. The van der Waals surface area contributed by atoms with E-state index in [9.17, 15) is 14.4 Å². The van der Waals surface area contributed by atoms with Gasteiger partial charge in [-0.05, 0) is 115 Å². The van der Waals surface area contributed by atoms with Gasteiger partial charge in [-0.3, -0.25) is 4.79 Å². The summed E-state index contributed by atoms with van der Waals surface area (Å²) in [6, 6.07) is 17.1. The second-order valence-corrected chi connectivity index (χ2v) is 11.7. The van der Waals surface area contributed by atoms with E-state index in [0.29, 0.717) is 29.9 Å². The van der Waals surface area contributed by atoms with E-state index in [2.05, 4.69) is 20.1 Å². The average molecular weight is 615 g/mol. The molecule has 1 atom stereocenters. The Labute approximate surface area is 263 Å². The van der Waals surface area contributed by atoms with Gasteiger partial charge in [0.2, 0.25) is 5.12 Å². The molecule has 0 N–H and O–H groups in total. The number of unbranched alkanes of at least 4 members (excludes halogenated alkanes) is 3. The monoisotopic (exact) mass is 614 g/mol. The van der Waals surface area contributed by atoms with Crippen molar-refractivity contribution in [3.63, 3.8) is 0 Å². The predicted molar refractivity (Wildman–Crippen MR) is 172 cm³/mol. The van der Waals surface area contributed by atoms with Crippen LogP contribution < -0.4 is 4.74 Å². The van der Waals surface area contributed by atoms with Crippen LogP contribution in [0.15, 0.2) is 84.5 Å². The van der Waals surface area contributed by atoms with Crippen molar-refractivity contribution in [2.45, 2.75) is 50.3 Å². The highest BCUT2D eigenvalue weighted by Crippen LogP contribution is 2.45. The van der Waals surface area contributed by atoms with Crippen molar-refractivity contribution in [2.24, 2.45) is 0 Å². The van der Waals surface area contributed by atoms with Crippen LogP contribution in [0, 0.1) is 6.92 Å². The molecule has 3 aromatic carbocycles. The van der Waals surface area contributed by atoms with E-state index < -0.39 is 11.9 Å². The minimum absolute atomic E-state index is 0.0343. The molecule has 0 saturated carbocycles. The van der Waals surface area contributed by atoms with Crippen molar-refractivity contribution in [3.05, 3.63) is 107 Å². The SMILES string of the molecule is C=COC(=O)c1ccc2c(c1)C(C)c1cc(C(=O)Sc3ccc(OCCCCCCOC(=O)C(=C)COC)c(C)c3)ccc1-2. The van der Waals surface area contributed by atoms with Gasteiger partial charge in [-0.2, -0.15) is 0 Å². The molecule has 230 valence electrons. The third-order valence-corrected chi connectivity index (χ3v) is 8.39. The highest BCUT2D eigenvalue weighted by Gasteiger charge is 2.27. The summed E-state index contributed by atoms with van der Waals surface area (Å²) >= 11 is 1.19. The Morgan fingerprint density at radius 3 is 2.20 bits per heavy atom. The molecule has 1 unspecified atom stereocenters. The second-order valence-electron chi connectivity index (χ2n) is 10.6. The van der Waals surface area contributed by atoms with Crippen molar-refractivity contribution in [2.75, 3.05) is 26.9 Å². The number of rotatable bonds is 15. The summed E-state index contributed by atoms with van der Waals surface area (Å²) in [5.74, 6) is -0.0145. The van der Waals surface area contributed by atoms with E-state index in [-0.39, 0.29) is 17.6 Å². The number of carbonyl (C=O) groups excluding carboxylic acids is 3. The van der Waals surface area contributed by atoms with Crippen molar-refractivity contribution in [1.29, 1.82) is 0 Å². The van der Waals surface area contributed by atoms with Crippen molar-refractivity contribution < 1.29 is 33.3 Å². The van der Waals surface area contributed by atoms with Gasteiger partial charge in [0.05, 0.1) is 37.2 Å². The summed E-state index contributed by atoms with van der Waals surface area (Å²) in [5, 5.41) is -0.0343. The second kappa shape index (κ2) is 15.5. The lowest BCUT2D eigenvalue weighted by molar-refractivity contribution is -0.139. The Hall–Kier alpha value is -4.14. The summed E-state index contributed by atoms with van der Waals surface area (Å²) in [6.07, 6.45) is 4.70. The Morgan fingerprint density at radius 1 is 0.886 bits per heavy atom. The number of fused-ring (bicyclic) bond motifs is 3. The summed E-state index contributed by atoms with van der Waals surface area (Å²) in [7, 11) is 1.51. The van der Waals surface area contributed by atoms with Gasteiger partial charge in [-0.15, -0.1) is 0 Å². The minimum atomic E-state index is -0.442. The lowest BCUT2D eigenvalue weighted by atomic mass is 9.97. The molecule has 7 nitrogen and oxygen atoms in total. The van der Waals surface area contributed by atoms with E-state index in [1.54, 1.807) is 6.07 Å². The van der Waals surface area contributed by atoms with Crippen LogP contribution in [0.3, 0.4) is 0 Å². The zero-order valence-corrected chi connectivity index (χ0v) is 26.3. The van der Waals surface area contributed by atoms with Gasteiger partial charge >= 0.3 is 11.9 Å². The predicted octanol–water partition coefficient (Wildman–Crippen LogP) is 8.05. The molecule has 1 aliphatic carbocycles. The molecule has 1 aliphatic rings. The third-order valence-electron chi connectivity index (χ3n) is 7.48. The number of aryl methyl sites for hydroxylation is 1. The fraction of sp³-hybridized carbons (Fsp3) is 0.306. The molecule has 0 heterocycles. The molecule has 0 spiro atoms. The molecule has 0 radical (unpaired) electrons. The van der Waals surface area contributed by atoms with Crippen LogP contribution in [0.2, 0.25) is 0 Å². The van der Waals surface area contributed by atoms with Crippen molar-refractivity contribution in [1.82, 2.24) is 0 Å². The summed E-state index contributed by atoms with van der Waals surface area (Å²) in [5.41, 5.74) is 6.62. The van der Waals surface area contributed by atoms with Gasteiger partial charge in [-0.1, -0.05) is 32.2 Å².